The minimum absolute atomic E-state index is 0.122. The molecule has 18 heavy (non-hydrogen) atoms. The summed E-state index contributed by atoms with van der Waals surface area (Å²) in [6.45, 7) is 1.73. The summed E-state index contributed by atoms with van der Waals surface area (Å²) in [5, 5.41) is 8.40. The normalized spacial score (nSPS) is 10.2. The van der Waals surface area contributed by atoms with Gasteiger partial charge in [-0.1, -0.05) is 11.6 Å². The molecule has 0 N–H and O–H groups in total. The number of carbonyl (C=O) groups excluding carboxylic acids is 1. The molecular weight excluding hydrogens is 266 g/mol. The average molecular weight is 275 g/mol. The van der Waals surface area contributed by atoms with Crippen LogP contribution in [0.4, 0.5) is 8.78 Å². The van der Waals surface area contributed by atoms with Crippen LogP contribution in [-0.4, -0.2) is 17.6 Å². The maximum Gasteiger partial charge on any atom is 0.311 e. The predicted molar refractivity (Wildman–Crippen MR) is 59.3 cm³/mol. The third-order valence-electron chi connectivity index (χ3n) is 2.04. The number of nitrogens with zero attached hydrogens (tertiary/aromatic N) is 2. The van der Waals surface area contributed by atoms with Gasteiger partial charge in [-0.25, -0.2) is 13.8 Å². The van der Waals surface area contributed by atoms with Gasteiger partial charge in [-0.2, -0.15) is 5.26 Å². The topological polar surface area (TPSA) is 63.0 Å². The molecule has 0 radical (unpaired) electrons. The number of rotatable bonds is 4. The van der Waals surface area contributed by atoms with Crippen molar-refractivity contribution in [3.05, 3.63) is 28.0 Å². The van der Waals surface area contributed by atoms with Crippen LogP contribution in [0.1, 0.15) is 30.3 Å². The third kappa shape index (κ3) is 3.37. The number of hydrogen-bond donors (Lipinski definition) is 0. The van der Waals surface area contributed by atoms with E-state index in [-0.39, 0.29) is 23.0 Å². The van der Waals surface area contributed by atoms with E-state index in [1.165, 1.54) is 0 Å². The van der Waals surface area contributed by atoms with Crippen LogP contribution < -0.4 is 0 Å². The van der Waals surface area contributed by atoms with E-state index in [0.717, 1.165) is 6.07 Å². The van der Waals surface area contributed by atoms with Gasteiger partial charge in [-0.3, -0.25) is 4.79 Å². The van der Waals surface area contributed by atoms with Crippen molar-refractivity contribution in [1.29, 1.82) is 5.26 Å². The Labute approximate surface area is 107 Å². The van der Waals surface area contributed by atoms with E-state index in [4.69, 9.17) is 16.9 Å². The van der Waals surface area contributed by atoms with Gasteiger partial charge in [0.2, 0.25) is 0 Å². The fraction of sp³-hybridized carbons (Fsp3) is 0.364. The molecule has 0 saturated heterocycles. The molecule has 0 aliphatic carbocycles. The van der Waals surface area contributed by atoms with E-state index < -0.39 is 24.4 Å². The molecule has 0 amide bonds. The van der Waals surface area contributed by atoms with Crippen LogP contribution >= 0.6 is 11.6 Å². The van der Waals surface area contributed by atoms with E-state index in [2.05, 4.69) is 9.72 Å². The highest BCUT2D eigenvalue weighted by atomic mass is 35.5. The van der Waals surface area contributed by atoms with Crippen LogP contribution in [-0.2, 0) is 16.0 Å². The summed E-state index contributed by atoms with van der Waals surface area (Å²) >= 11 is 5.65. The number of hydrogen-bond acceptors (Lipinski definition) is 4. The Bertz CT molecular complexity index is 501. The molecule has 1 aromatic heterocycles. The van der Waals surface area contributed by atoms with Crippen molar-refractivity contribution in [1.82, 2.24) is 4.98 Å². The first-order valence-corrected chi connectivity index (χ1v) is 5.40. The highest BCUT2D eigenvalue weighted by Gasteiger charge is 2.22. The van der Waals surface area contributed by atoms with Gasteiger partial charge in [0.05, 0.1) is 29.3 Å². The lowest BCUT2D eigenvalue weighted by atomic mass is 10.1. The van der Waals surface area contributed by atoms with Gasteiger partial charge in [-0.05, 0) is 13.0 Å². The largest absolute Gasteiger partial charge is 0.466 e. The summed E-state index contributed by atoms with van der Waals surface area (Å²) in [5.74, 6) is -0.696. The monoisotopic (exact) mass is 274 g/mol. The zero-order chi connectivity index (χ0) is 13.7. The summed E-state index contributed by atoms with van der Waals surface area (Å²) in [7, 11) is 0. The fourth-order valence-corrected chi connectivity index (χ4v) is 1.64. The second kappa shape index (κ2) is 6.26. The van der Waals surface area contributed by atoms with E-state index in [0.29, 0.717) is 0 Å². The highest BCUT2D eigenvalue weighted by molar-refractivity contribution is 6.31. The molecule has 0 aliphatic rings. The smallest absolute Gasteiger partial charge is 0.311 e. The lowest BCUT2D eigenvalue weighted by Crippen LogP contribution is -2.12. The van der Waals surface area contributed by atoms with Gasteiger partial charge in [0.25, 0.3) is 6.43 Å². The van der Waals surface area contributed by atoms with Crippen LogP contribution in [0, 0.1) is 11.3 Å². The van der Waals surface area contributed by atoms with Crippen molar-refractivity contribution in [3.8, 4) is 6.07 Å². The Balaban J connectivity index is 3.18. The molecule has 4 nitrogen and oxygen atoms in total. The molecular formula is C11H9ClF2N2O2. The molecule has 0 saturated carbocycles. The van der Waals surface area contributed by atoms with Gasteiger partial charge in [0.1, 0.15) is 11.8 Å². The number of aromatic nitrogens is 1. The molecule has 0 atom stereocenters. The van der Waals surface area contributed by atoms with Gasteiger partial charge in [-0.15, -0.1) is 0 Å². The lowest BCUT2D eigenvalue weighted by Gasteiger charge is -2.10. The quantitative estimate of drug-likeness (QED) is 0.792. The predicted octanol–water partition coefficient (Wildman–Crippen LogP) is 2.65. The Morgan fingerprint density at radius 2 is 2.33 bits per heavy atom. The molecule has 7 heteroatoms. The lowest BCUT2D eigenvalue weighted by molar-refractivity contribution is -0.142. The number of carbonyl (C=O) groups is 1. The second-order valence-electron chi connectivity index (χ2n) is 3.24. The van der Waals surface area contributed by atoms with E-state index in [9.17, 15) is 13.6 Å². The Morgan fingerprint density at radius 3 is 2.83 bits per heavy atom. The number of alkyl halides is 2. The summed E-state index contributed by atoms with van der Waals surface area (Å²) in [5.41, 5.74) is -0.889. The Kier molecular flexibility index (Phi) is 4.98. The third-order valence-corrected chi connectivity index (χ3v) is 2.35. The van der Waals surface area contributed by atoms with Crippen molar-refractivity contribution < 1.29 is 18.3 Å². The molecule has 0 aliphatic heterocycles. The maximum atomic E-state index is 12.8. The first kappa shape index (κ1) is 14.3. The summed E-state index contributed by atoms with van der Waals surface area (Å²) in [6.07, 6.45) is -3.31. The molecule has 1 aromatic rings. The summed E-state index contributed by atoms with van der Waals surface area (Å²) in [4.78, 5) is 14.9. The van der Waals surface area contributed by atoms with Crippen LogP contribution in [0.15, 0.2) is 6.07 Å². The van der Waals surface area contributed by atoms with Crippen LogP contribution in [0.5, 0.6) is 0 Å². The summed E-state index contributed by atoms with van der Waals surface area (Å²) < 4.78 is 30.2. The van der Waals surface area contributed by atoms with Crippen molar-refractivity contribution in [2.24, 2.45) is 0 Å². The fourth-order valence-electron chi connectivity index (χ4n) is 1.34. The van der Waals surface area contributed by atoms with Crippen LogP contribution in [0.3, 0.4) is 0 Å². The maximum absolute atomic E-state index is 12.8. The van der Waals surface area contributed by atoms with Gasteiger partial charge < -0.3 is 4.74 Å². The average Bonchev–Trinajstić information content (AvgIpc) is 2.27. The van der Waals surface area contributed by atoms with Crippen molar-refractivity contribution in [2.45, 2.75) is 19.8 Å². The van der Waals surface area contributed by atoms with Crippen molar-refractivity contribution in [2.75, 3.05) is 6.61 Å². The van der Waals surface area contributed by atoms with Gasteiger partial charge in [0, 0.05) is 0 Å². The van der Waals surface area contributed by atoms with Gasteiger partial charge in [0.15, 0.2) is 0 Å². The SMILES string of the molecule is CCOC(=O)Cc1nc(C#N)cc(Cl)c1C(F)F. The highest BCUT2D eigenvalue weighted by Crippen LogP contribution is 2.30. The number of pyridine rings is 1. The first-order valence-electron chi connectivity index (χ1n) is 5.02. The summed E-state index contributed by atoms with van der Waals surface area (Å²) in [6, 6.07) is 2.73. The van der Waals surface area contributed by atoms with Crippen molar-refractivity contribution in [3.63, 3.8) is 0 Å². The number of ether oxygens (including phenoxy) is 1. The van der Waals surface area contributed by atoms with E-state index in [1.807, 2.05) is 0 Å². The Hall–Kier alpha value is -1.74. The zero-order valence-electron chi connectivity index (χ0n) is 9.41. The van der Waals surface area contributed by atoms with E-state index >= 15 is 0 Å². The zero-order valence-corrected chi connectivity index (χ0v) is 10.2. The first-order chi connectivity index (χ1) is 8.49. The van der Waals surface area contributed by atoms with Gasteiger partial charge >= 0.3 is 5.97 Å². The second-order valence-corrected chi connectivity index (χ2v) is 3.65. The minimum atomic E-state index is -2.87. The minimum Gasteiger partial charge on any atom is -0.466 e. The molecule has 0 aromatic carbocycles. The molecule has 0 unspecified atom stereocenters. The van der Waals surface area contributed by atoms with Crippen LogP contribution in [0.25, 0.3) is 0 Å². The Morgan fingerprint density at radius 1 is 1.67 bits per heavy atom. The molecule has 0 spiro atoms. The number of esters is 1. The molecule has 1 rings (SSSR count). The molecule has 0 fully saturated rings. The molecule has 96 valence electrons. The van der Waals surface area contributed by atoms with Crippen molar-refractivity contribution >= 4 is 17.6 Å². The number of halogens is 3. The molecule has 1 heterocycles. The number of nitriles is 1. The van der Waals surface area contributed by atoms with Crippen LogP contribution in [0.2, 0.25) is 5.02 Å². The standard InChI is InChI=1S/C11H9ClF2N2O2/c1-2-18-9(17)4-8-10(11(13)14)7(12)3-6(5-15)16-8/h3,11H,2,4H2,1H3. The van der Waals surface area contributed by atoms with E-state index in [1.54, 1.807) is 13.0 Å². The molecule has 0 bridgehead atoms.